The van der Waals surface area contributed by atoms with Crippen molar-refractivity contribution in [2.24, 2.45) is 5.92 Å². The van der Waals surface area contributed by atoms with Crippen LogP contribution < -0.4 is 20.3 Å². The Balaban J connectivity index is 1.55. The molecule has 0 aliphatic carbocycles. The first-order valence-electron chi connectivity index (χ1n) is 9.48. The van der Waals surface area contributed by atoms with Crippen molar-refractivity contribution in [1.29, 1.82) is 0 Å². The summed E-state index contributed by atoms with van der Waals surface area (Å²) in [6, 6.07) is 12.8. The summed E-state index contributed by atoms with van der Waals surface area (Å²) in [4.78, 5) is 37.7. The number of hydrogen-bond donors (Lipinski definition) is 2. The summed E-state index contributed by atoms with van der Waals surface area (Å²) in [6.45, 7) is 4.19. The van der Waals surface area contributed by atoms with E-state index in [0.29, 0.717) is 18.0 Å². The molecule has 1 fully saturated rings. The molecule has 2 N–H and O–H groups in total. The SMILES string of the molecule is CNC(=O)[C@H]1CC(=O)N(c2ccc(OCC(=O)Nc3cc(C)cc(C)c3)cc2)C1. The number of carbonyl (C=O) groups excluding carboxylic acids is 3. The van der Waals surface area contributed by atoms with Crippen LogP contribution in [0.4, 0.5) is 11.4 Å². The summed E-state index contributed by atoms with van der Waals surface area (Å²) in [6.07, 6.45) is 0.205. The lowest BCUT2D eigenvalue weighted by Gasteiger charge is -2.17. The van der Waals surface area contributed by atoms with Gasteiger partial charge in [-0.25, -0.2) is 0 Å². The van der Waals surface area contributed by atoms with Crippen LogP contribution >= 0.6 is 0 Å². The smallest absolute Gasteiger partial charge is 0.262 e. The lowest BCUT2D eigenvalue weighted by molar-refractivity contribution is -0.125. The highest BCUT2D eigenvalue weighted by Crippen LogP contribution is 2.27. The zero-order valence-corrected chi connectivity index (χ0v) is 16.8. The second-order valence-electron chi connectivity index (χ2n) is 7.23. The Bertz CT molecular complexity index is 904. The zero-order chi connectivity index (χ0) is 21.0. The lowest BCUT2D eigenvalue weighted by Crippen LogP contribution is -2.30. The highest BCUT2D eigenvalue weighted by molar-refractivity contribution is 6.00. The number of carbonyl (C=O) groups is 3. The summed E-state index contributed by atoms with van der Waals surface area (Å²) in [5.41, 5.74) is 3.59. The van der Waals surface area contributed by atoms with Crippen LogP contribution in [0.3, 0.4) is 0 Å². The van der Waals surface area contributed by atoms with Crippen LogP contribution in [0.15, 0.2) is 42.5 Å². The zero-order valence-electron chi connectivity index (χ0n) is 16.8. The van der Waals surface area contributed by atoms with Crippen LogP contribution in [0.5, 0.6) is 5.75 Å². The Labute approximate surface area is 170 Å². The maximum atomic E-state index is 12.2. The normalized spacial score (nSPS) is 15.9. The third-order valence-corrected chi connectivity index (χ3v) is 4.77. The van der Waals surface area contributed by atoms with E-state index in [1.54, 1.807) is 36.2 Å². The van der Waals surface area contributed by atoms with Crippen LogP contribution in [-0.4, -0.2) is 37.9 Å². The van der Waals surface area contributed by atoms with Gasteiger partial charge in [-0.15, -0.1) is 0 Å². The third-order valence-electron chi connectivity index (χ3n) is 4.77. The van der Waals surface area contributed by atoms with Gasteiger partial charge in [0.05, 0.1) is 5.92 Å². The highest BCUT2D eigenvalue weighted by atomic mass is 16.5. The molecule has 2 aromatic carbocycles. The van der Waals surface area contributed by atoms with E-state index >= 15 is 0 Å². The number of ether oxygens (including phenoxy) is 1. The summed E-state index contributed by atoms with van der Waals surface area (Å²) >= 11 is 0. The molecule has 1 heterocycles. The standard InChI is InChI=1S/C22H25N3O4/c1-14-8-15(2)10-17(9-14)24-20(26)13-29-19-6-4-18(5-7-19)25-12-16(11-21(25)27)22(28)23-3/h4-10,16H,11-13H2,1-3H3,(H,23,28)(H,24,26)/t16-/m0/s1. The maximum absolute atomic E-state index is 12.2. The van der Waals surface area contributed by atoms with E-state index < -0.39 is 0 Å². The molecular formula is C22H25N3O4. The quantitative estimate of drug-likeness (QED) is 0.786. The van der Waals surface area contributed by atoms with Crippen LogP contribution in [0, 0.1) is 19.8 Å². The Morgan fingerprint density at radius 3 is 2.38 bits per heavy atom. The molecule has 0 unspecified atom stereocenters. The molecule has 1 saturated heterocycles. The molecule has 0 spiro atoms. The molecule has 0 aromatic heterocycles. The molecule has 152 valence electrons. The molecule has 1 aliphatic heterocycles. The molecule has 0 radical (unpaired) electrons. The maximum Gasteiger partial charge on any atom is 0.262 e. The third kappa shape index (κ3) is 5.13. The Morgan fingerprint density at radius 1 is 1.10 bits per heavy atom. The molecule has 7 heteroatoms. The summed E-state index contributed by atoms with van der Waals surface area (Å²) in [5.74, 6) is -0.269. The second kappa shape index (κ2) is 8.77. The van der Waals surface area contributed by atoms with Gasteiger partial charge in [-0.1, -0.05) is 6.07 Å². The molecule has 3 rings (SSSR count). The van der Waals surface area contributed by atoms with Crippen molar-refractivity contribution in [3.05, 3.63) is 53.6 Å². The van der Waals surface area contributed by atoms with Gasteiger partial charge in [0, 0.05) is 31.4 Å². The number of hydrogen-bond acceptors (Lipinski definition) is 4. The van der Waals surface area contributed by atoms with Crippen molar-refractivity contribution in [2.75, 3.05) is 30.4 Å². The fourth-order valence-electron chi connectivity index (χ4n) is 3.45. The van der Waals surface area contributed by atoms with Crippen molar-refractivity contribution in [1.82, 2.24) is 5.32 Å². The molecule has 0 bridgehead atoms. The molecular weight excluding hydrogens is 370 g/mol. The topological polar surface area (TPSA) is 87.7 Å². The molecule has 29 heavy (non-hydrogen) atoms. The number of benzene rings is 2. The number of amides is 3. The van der Waals surface area contributed by atoms with Gasteiger partial charge >= 0.3 is 0 Å². The van der Waals surface area contributed by atoms with Gasteiger partial charge in [0.1, 0.15) is 5.75 Å². The largest absolute Gasteiger partial charge is 0.484 e. The van der Waals surface area contributed by atoms with Gasteiger partial charge in [0.2, 0.25) is 11.8 Å². The fourth-order valence-corrected chi connectivity index (χ4v) is 3.45. The summed E-state index contributed by atoms with van der Waals surface area (Å²) in [5, 5.41) is 5.41. The van der Waals surface area contributed by atoms with Crippen molar-refractivity contribution in [3.8, 4) is 5.75 Å². The average Bonchev–Trinajstić information content (AvgIpc) is 3.07. The Hall–Kier alpha value is -3.35. The predicted molar refractivity (Wildman–Crippen MR) is 111 cm³/mol. The van der Waals surface area contributed by atoms with Crippen LogP contribution in [0.2, 0.25) is 0 Å². The molecule has 1 atom stereocenters. The van der Waals surface area contributed by atoms with E-state index in [9.17, 15) is 14.4 Å². The summed E-state index contributed by atoms with van der Waals surface area (Å²) < 4.78 is 5.54. The minimum atomic E-state index is -0.336. The van der Waals surface area contributed by atoms with E-state index in [1.165, 1.54) is 0 Å². The first-order chi connectivity index (χ1) is 13.9. The molecule has 1 aliphatic rings. The minimum absolute atomic E-state index is 0.0832. The monoisotopic (exact) mass is 395 g/mol. The lowest BCUT2D eigenvalue weighted by atomic mass is 10.1. The van der Waals surface area contributed by atoms with Gasteiger partial charge in [-0.2, -0.15) is 0 Å². The van der Waals surface area contributed by atoms with E-state index in [4.69, 9.17) is 4.74 Å². The first-order valence-corrected chi connectivity index (χ1v) is 9.48. The Kier molecular flexibility index (Phi) is 6.16. The number of rotatable bonds is 6. The molecule has 2 aromatic rings. The van der Waals surface area contributed by atoms with Gasteiger partial charge in [0.25, 0.3) is 5.91 Å². The van der Waals surface area contributed by atoms with Crippen LogP contribution in [-0.2, 0) is 14.4 Å². The van der Waals surface area contributed by atoms with E-state index in [-0.39, 0.29) is 36.7 Å². The van der Waals surface area contributed by atoms with Crippen LogP contribution in [0.1, 0.15) is 17.5 Å². The number of nitrogens with one attached hydrogen (secondary N) is 2. The Morgan fingerprint density at radius 2 is 1.76 bits per heavy atom. The second-order valence-corrected chi connectivity index (χ2v) is 7.23. The molecule has 0 saturated carbocycles. The number of anilines is 2. The summed E-state index contributed by atoms with van der Waals surface area (Å²) in [7, 11) is 1.57. The first kappa shape index (κ1) is 20.4. The van der Waals surface area contributed by atoms with Crippen molar-refractivity contribution in [3.63, 3.8) is 0 Å². The molecule has 7 nitrogen and oxygen atoms in total. The predicted octanol–water partition coefficient (Wildman–Crippen LogP) is 2.42. The average molecular weight is 395 g/mol. The van der Waals surface area contributed by atoms with Crippen molar-refractivity contribution in [2.45, 2.75) is 20.3 Å². The highest BCUT2D eigenvalue weighted by Gasteiger charge is 2.34. The van der Waals surface area contributed by atoms with E-state index in [0.717, 1.165) is 16.8 Å². The number of nitrogens with zero attached hydrogens (tertiary/aromatic N) is 1. The molecule has 3 amide bonds. The van der Waals surface area contributed by atoms with Crippen molar-refractivity contribution < 1.29 is 19.1 Å². The van der Waals surface area contributed by atoms with Crippen LogP contribution in [0.25, 0.3) is 0 Å². The van der Waals surface area contributed by atoms with Gasteiger partial charge < -0.3 is 20.3 Å². The fraction of sp³-hybridized carbons (Fsp3) is 0.318. The van der Waals surface area contributed by atoms with E-state index in [1.807, 2.05) is 32.0 Å². The van der Waals surface area contributed by atoms with Gasteiger partial charge in [0.15, 0.2) is 6.61 Å². The number of aryl methyl sites for hydroxylation is 2. The van der Waals surface area contributed by atoms with Gasteiger partial charge in [-0.3, -0.25) is 14.4 Å². The van der Waals surface area contributed by atoms with Gasteiger partial charge in [-0.05, 0) is 61.4 Å². The van der Waals surface area contributed by atoms with E-state index in [2.05, 4.69) is 10.6 Å². The minimum Gasteiger partial charge on any atom is -0.484 e. The van der Waals surface area contributed by atoms with Crippen molar-refractivity contribution >= 4 is 29.1 Å².